The van der Waals surface area contributed by atoms with Crippen LogP contribution in [0, 0.1) is 0 Å². The van der Waals surface area contributed by atoms with Crippen LogP contribution in [0.3, 0.4) is 0 Å². The number of aliphatic hydroxyl groups excluding tert-OH is 2. The van der Waals surface area contributed by atoms with E-state index in [1.54, 1.807) is 0 Å². The molecule has 0 atom stereocenters. The summed E-state index contributed by atoms with van der Waals surface area (Å²) in [7, 11) is 0. The van der Waals surface area contributed by atoms with E-state index < -0.39 is 0 Å². The lowest BCUT2D eigenvalue weighted by Crippen LogP contribution is -2.02. The van der Waals surface area contributed by atoms with Gasteiger partial charge >= 0.3 is 0 Å². The maximum atomic E-state index is 11.3. The Labute approximate surface area is 247 Å². The van der Waals surface area contributed by atoms with E-state index >= 15 is 0 Å². The summed E-state index contributed by atoms with van der Waals surface area (Å²) in [4.78, 5) is 22.6. The lowest BCUT2D eigenvalue weighted by Gasteiger charge is -2.11. The molecule has 0 aromatic rings. The molecule has 0 heterocycles. The molecule has 2 rings (SSSR count). The molecule has 0 aromatic carbocycles. The summed E-state index contributed by atoms with van der Waals surface area (Å²) in [6, 6.07) is 0. The van der Waals surface area contributed by atoms with E-state index in [1.807, 2.05) is 12.2 Å². The van der Waals surface area contributed by atoms with E-state index in [-0.39, 0.29) is 0 Å². The van der Waals surface area contributed by atoms with Gasteiger partial charge in [0.25, 0.3) is 0 Å². The lowest BCUT2D eigenvalue weighted by atomic mass is 9.94. The Morgan fingerprint density at radius 2 is 0.675 bits per heavy atom. The Hall–Kier alpha value is -1.26. The summed E-state index contributed by atoms with van der Waals surface area (Å²) < 4.78 is 0. The van der Waals surface area contributed by atoms with Crippen molar-refractivity contribution < 1.29 is 19.8 Å². The Kier molecular flexibility index (Phi) is 25.6. The van der Waals surface area contributed by atoms with E-state index in [0.29, 0.717) is 24.8 Å². The summed E-state index contributed by atoms with van der Waals surface area (Å²) in [6.45, 7) is 0.698. The number of rotatable bonds is 24. The SMILES string of the molecule is O=C1C=C(CCCCCCCCCCCCO)CCC1.O=C1C=C(CCCCCCCCCCCCO)CCC1. The highest BCUT2D eigenvalue weighted by atomic mass is 16.3. The second kappa shape index (κ2) is 27.9. The number of carbonyl (C=O) groups is 2. The van der Waals surface area contributed by atoms with Gasteiger partial charge in [-0.2, -0.15) is 0 Å². The number of carbonyl (C=O) groups excluding carboxylic acids is 2. The minimum atomic E-state index is 0.340. The van der Waals surface area contributed by atoms with Crippen LogP contribution in [0.25, 0.3) is 0 Å². The molecule has 0 aliphatic heterocycles. The third kappa shape index (κ3) is 23.4. The van der Waals surface area contributed by atoms with E-state index in [0.717, 1.165) is 64.2 Å². The third-order valence-electron chi connectivity index (χ3n) is 8.38. The smallest absolute Gasteiger partial charge is 0.155 e. The van der Waals surface area contributed by atoms with Gasteiger partial charge in [-0.15, -0.1) is 0 Å². The summed E-state index contributed by atoms with van der Waals surface area (Å²) in [5.74, 6) is 0.680. The van der Waals surface area contributed by atoms with Gasteiger partial charge in [0.15, 0.2) is 11.6 Å². The Morgan fingerprint density at radius 3 is 0.950 bits per heavy atom. The molecule has 0 radical (unpaired) electrons. The molecule has 4 heteroatoms. The van der Waals surface area contributed by atoms with Crippen molar-refractivity contribution in [1.82, 2.24) is 0 Å². The first-order valence-corrected chi connectivity index (χ1v) is 17.3. The van der Waals surface area contributed by atoms with Gasteiger partial charge in [-0.3, -0.25) is 9.59 Å². The van der Waals surface area contributed by atoms with Crippen LogP contribution in [0.2, 0.25) is 0 Å². The number of allylic oxidation sites excluding steroid dienone is 4. The maximum Gasteiger partial charge on any atom is 0.155 e. The molecular weight excluding hydrogens is 496 g/mol. The summed E-state index contributed by atoms with van der Waals surface area (Å²) in [5, 5.41) is 17.4. The first-order chi connectivity index (χ1) is 19.7. The summed E-state index contributed by atoms with van der Waals surface area (Å²) in [6.07, 6.45) is 37.6. The van der Waals surface area contributed by atoms with Crippen LogP contribution in [0.15, 0.2) is 23.3 Å². The van der Waals surface area contributed by atoms with Crippen LogP contribution in [0.5, 0.6) is 0 Å². The summed E-state index contributed by atoms with van der Waals surface area (Å²) in [5.41, 5.74) is 2.79. The van der Waals surface area contributed by atoms with Gasteiger partial charge in [-0.05, 0) is 76.4 Å². The highest BCUT2D eigenvalue weighted by molar-refractivity contribution is 5.91. The van der Waals surface area contributed by atoms with Crippen molar-refractivity contribution in [1.29, 1.82) is 0 Å². The van der Waals surface area contributed by atoms with E-state index in [2.05, 4.69) is 0 Å². The molecule has 0 saturated carbocycles. The predicted molar refractivity (Wildman–Crippen MR) is 170 cm³/mol. The van der Waals surface area contributed by atoms with Crippen molar-refractivity contribution in [2.24, 2.45) is 0 Å². The number of hydrogen-bond acceptors (Lipinski definition) is 4. The standard InChI is InChI=1S/2C18H32O2/c2*19-15-10-8-6-4-2-1-3-5-7-9-12-17-13-11-14-18(20)16-17/h2*16,19H,1-15H2. The van der Waals surface area contributed by atoms with E-state index in [4.69, 9.17) is 10.2 Å². The fourth-order valence-electron chi connectivity index (χ4n) is 5.87. The molecule has 2 aliphatic carbocycles. The molecule has 2 N–H and O–H groups in total. The lowest BCUT2D eigenvalue weighted by molar-refractivity contribution is -0.115. The average Bonchev–Trinajstić information content (AvgIpc) is 2.95. The van der Waals surface area contributed by atoms with Gasteiger partial charge in [0.2, 0.25) is 0 Å². The van der Waals surface area contributed by atoms with Crippen molar-refractivity contribution in [3.63, 3.8) is 0 Å². The van der Waals surface area contributed by atoms with Crippen molar-refractivity contribution in [2.75, 3.05) is 13.2 Å². The molecule has 0 aromatic heterocycles. The zero-order valence-electron chi connectivity index (χ0n) is 26.1. The number of aliphatic hydroxyl groups is 2. The first-order valence-electron chi connectivity index (χ1n) is 17.3. The van der Waals surface area contributed by atoms with Gasteiger partial charge in [0, 0.05) is 26.1 Å². The topological polar surface area (TPSA) is 74.6 Å². The zero-order valence-corrected chi connectivity index (χ0v) is 26.1. The van der Waals surface area contributed by atoms with Gasteiger partial charge in [-0.1, -0.05) is 114 Å². The predicted octanol–water partition coefficient (Wildman–Crippen LogP) is 9.90. The minimum Gasteiger partial charge on any atom is -0.396 e. The molecule has 0 spiro atoms. The van der Waals surface area contributed by atoms with Gasteiger partial charge in [-0.25, -0.2) is 0 Å². The first kappa shape index (κ1) is 36.8. The Balaban J connectivity index is 0.000000400. The van der Waals surface area contributed by atoms with Crippen LogP contribution in [0.1, 0.15) is 180 Å². The molecule has 40 heavy (non-hydrogen) atoms. The molecule has 0 amide bonds. The fourth-order valence-corrected chi connectivity index (χ4v) is 5.87. The van der Waals surface area contributed by atoms with Crippen molar-refractivity contribution in [3.05, 3.63) is 23.3 Å². The van der Waals surface area contributed by atoms with E-state index in [9.17, 15) is 9.59 Å². The van der Waals surface area contributed by atoms with E-state index in [1.165, 1.54) is 127 Å². The van der Waals surface area contributed by atoms with Crippen LogP contribution in [0.4, 0.5) is 0 Å². The number of ketones is 2. The zero-order chi connectivity index (χ0) is 28.9. The minimum absolute atomic E-state index is 0.340. The van der Waals surface area contributed by atoms with Gasteiger partial charge in [0.05, 0.1) is 0 Å². The van der Waals surface area contributed by atoms with Crippen molar-refractivity contribution >= 4 is 11.6 Å². The molecular formula is C36H64O4. The van der Waals surface area contributed by atoms with Gasteiger partial charge < -0.3 is 10.2 Å². The summed E-state index contributed by atoms with van der Waals surface area (Å²) >= 11 is 0. The van der Waals surface area contributed by atoms with Crippen molar-refractivity contribution in [2.45, 2.75) is 180 Å². The van der Waals surface area contributed by atoms with Crippen LogP contribution >= 0.6 is 0 Å². The molecule has 2 aliphatic rings. The molecule has 0 bridgehead atoms. The monoisotopic (exact) mass is 560 g/mol. The second-order valence-electron chi connectivity index (χ2n) is 12.3. The maximum absolute atomic E-state index is 11.3. The van der Waals surface area contributed by atoms with Crippen LogP contribution in [-0.2, 0) is 9.59 Å². The van der Waals surface area contributed by atoms with Crippen LogP contribution in [-0.4, -0.2) is 35.0 Å². The number of unbranched alkanes of at least 4 members (excludes halogenated alkanes) is 18. The number of hydrogen-bond donors (Lipinski definition) is 2. The largest absolute Gasteiger partial charge is 0.396 e. The highest BCUT2D eigenvalue weighted by Crippen LogP contribution is 2.22. The highest BCUT2D eigenvalue weighted by Gasteiger charge is 2.10. The van der Waals surface area contributed by atoms with Crippen molar-refractivity contribution in [3.8, 4) is 0 Å². The normalized spacial score (nSPS) is 15.4. The fraction of sp³-hybridized carbons (Fsp3) is 0.833. The average molecular weight is 561 g/mol. The quantitative estimate of drug-likeness (QED) is 0.115. The second-order valence-corrected chi connectivity index (χ2v) is 12.3. The Bertz CT molecular complexity index is 620. The molecule has 4 nitrogen and oxygen atoms in total. The third-order valence-corrected chi connectivity index (χ3v) is 8.38. The molecule has 0 fully saturated rings. The molecule has 232 valence electrons. The Morgan fingerprint density at radius 1 is 0.400 bits per heavy atom. The van der Waals surface area contributed by atoms with Crippen LogP contribution < -0.4 is 0 Å². The molecule has 0 saturated heterocycles. The molecule has 0 unspecified atom stereocenters. The van der Waals surface area contributed by atoms with Gasteiger partial charge in [0.1, 0.15) is 0 Å².